The number of likely N-dealkylation sites (tertiary alicyclic amines) is 1. The Morgan fingerprint density at radius 1 is 1.05 bits per heavy atom. The topological polar surface area (TPSA) is 119 Å². The van der Waals surface area contributed by atoms with Crippen LogP contribution in [0.5, 0.6) is 5.75 Å². The monoisotopic (exact) mass is 587 g/mol. The number of benzene rings is 3. The zero-order valence-corrected chi connectivity index (χ0v) is 22.5. The van der Waals surface area contributed by atoms with E-state index < -0.39 is 73.0 Å². The standard InChI is InChI=1S/C30H29F4N3O5/c1-17-21(8-5-9-25(17)38)27(40)36-23(12-18-6-3-2-4-7-18)26(39)29(42)37-16-30(33,34)14-24(37)28(41)35-15-19-13-20(31)10-11-22(19)32/h2-11,13,23-24,26,38-39H,12,14-16H2,1H3,(H,35,41)(H,36,40)/t23-,24-,26-/m0/s1. The van der Waals surface area contributed by atoms with Crippen molar-refractivity contribution in [2.75, 3.05) is 6.54 Å². The molecule has 0 aromatic heterocycles. The minimum absolute atomic E-state index is 0.0715. The van der Waals surface area contributed by atoms with Gasteiger partial charge in [-0.15, -0.1) is 0 Å². The summed E-state index contributed by atoms with van der Waals surface area (Å²) >= 11 is 0. The first-order valence-corrected chi connectivity index (χ1v) is 13.1. The fourth-order valence-corrected chi connectivity index (χ4v) is 4.83. The second-order valence-electron chi connectivity index (χ2n) is 10.2. The van der Waals surface area contributed by atoms with Crippen LogP contribution in [0.2, 0.25) is 0 Å². The van der Waals surface area contributed by atoms with Crippen LogP contribution in [0.25, 0.3) is 0 Å². The molecule has 3 aromatic rings. The average Bonchev–Trinajstić information content (AvgIpc) is 3.29. The van der Waals surface area contributed by atoms with Gasteiger partial charge in [0.25, 0.3) is 17.7 Å². The number of rotatable bonds is 9. The number of carbonyl (C=O) groups excluding carboxylic acids is 3. The third kappa shape index (κ3) is 7.06. The Bertz CT molecular complexity index is 1470. The lowest BCUT2D eigenvalue weighted by molar-refractivity contribution is -0.147. The van der Waals surface area contributed by atoms with Crippen molar-refractivity contribution in [2.45, 2.75) is 50.4 Å². The highest BCUT2D eigenvalue weighted by Gasteiger charge is 2.51. The van der Waals surface area contributed by atoms with Gasteiger partial charge in [0.05, 0.1) is 12.6 Å². The van der Waals surface area contributed by atoms with Crippen LogP contribution in [-0.2, 0) is 22.6 Å². The number of phenolic OH excluding ortho intramolecular Hbond substituents is 1. The first-order valence-electron chi connectivity index (χ1n) is 13.1. The Labute approximate surface area is 239 Å². The zero-order chi connectivity index (χ0) is 30.6. The highest BCUT2D eigenvalue weighted by molar-refractivity contribution is 5.97. The molecule has 42 heavy (non-hydrogen) atoms. The maximum absolute atomic E-state index is 14.5. The first-order chi connectivity index (χ1) is 19.9. The van der Waals surface area contributed by atoms with Crippen LogP contribution in [0.1, 0.15) is 33.5 Å². The number of amides is 3. The summed E-state index contributed by atoms with van der Waals surface area (Å²) in [6.45, 7) is -0.193. The van der Waals surface area contributed by atoms with E-state index in [4.69, 9.17) is 0 Å². The Balaban J connectivity index is 1.56. The maximum atomic E-state index is 14.5. The molecule has 3 amide bonds. The lowest BCUT2D eigenvalue weighted by Crippen LogP contribution is -2.56. The summed E-state index contributed by atoms with van der Waals surface area (Å²) < 4.78 is 56.5. The zero-order valence-electron chi connectivity index (χ0n) is 22.5. The Kier molecular flexibility index (Phi) is 9.15. The largest absolute Gasteiger partial charge is 0.508 e. The predicted molar refractivity (Wildman–Crippen MR) is 144 cm³/mol. The van der Waals surface area contributed by atoms with E-state index in [1.54, 1.807) is 30.3 Å². The summed E-state index contributed by atoms with van der Waals surface area (Å²) in [5.74, 6) is -8.20. The smallest absolute Gasteiger partial charge is 0.267 e. The van der Waals surface area contributed by atoms with Gasteiger partial charge < -0.3 is 25.7 Å². The average molecular weight is 588 g/mol. The summed E-state index contributed by atoms with van der Waals surface area (Å²) in [6, 6.07) is 12.3. The maximum Gasteiger partial charge on any atom is 0.267 e. The molecule has 12 heteroatoms. The molecule has 0 saturated carbocycles. The number of aliphatic hydroxyl groups is 1. The molecule has 4 N–H and O–H groups in total. The minimum Gasteiger partial charge on any atom is -0.508 e. The Morgan fingerprint density at radius 2 is 1.76 bits per heavy atom. The molecule has 0 bridgehead atoms. The molecule has 0 unspecified atom stereocenters. The van der Waals surface area contributed by atoms with Crippen LogP contribution in [0.15, 0.2) is 66.7 Å². The third-order valence-corrected chi connectivity index (χ3v) is 7.12. The summed E-state index contributed by atoms with van der Waals surface area (Å²) in [5.41, 5.74) is 0.710. The molecule has 8 nitrogen and oxygen atoms in total. The van der Waals surface area contributed by atoms with Gasteiger partial charge in [0.2, 0.25) is 5.91 Å². The van der Waals surface area contributed by atoms with Gasteiger partial charge in [-0.2, -0.15) is 0 Å². The van der Waals surface area contributed by atoms with Gasteiger partial charge in [0.15, 0.2) is 6.10 Å². The summed E-state index contributed by atoms with van der Waals surface area (Å²) in [7, 11) is 0. The molecular formula is C30H29F4N3O5. The van der Waals surface area contributed by atoms with Crippen LogP contribution in [0, 0.1) is 18.6 Å². The normalized spacial score (nSPS) is 17.4. The molecule has 1 heterocycles. The van der Waals surface area contributed by atoms with Crippen molar-refractivity contribution in [2.24, 2.45) is 0 Å². The van der Waals surface area contributed by atoms with E-state index in [9.17, 15) is 42.2 Å². The first kappa shape index (κ1) is 30.5. The predicted octanol–water partition coefficient (Wildman–Crippen LogP) is 3.23. The number of nitrogens with zero attached hydrogens (tertiary/aromatic N) is 1. The highest BCUT2D eigenvalue weighted by atomic mass is 19.3. The van der Waals surface area contributed by atoms with Crippen LogP contribution >= 0.6 is 0 Å². The molecule has 0 radical (unpaired) electrons. The summed E-state index contributed by atoms with van der Waals surface area (Å²) in [4.78, 5) is 40.0. The molecule has 1 saturated heterocycles. The van der Waals surface area contributed by atoms with E-state index in [0.717, 1.165) is 18.2 Å². The second-order valence-corrected chi connectivity index (χ2v) is 10.2. The molecule has 1 aliphatic rings. The number of carbonyl (C=O) groups is 3. The van der Waals surface area contributed by atoms with Gasteiger partial charge in [0.1, 0.15) is 23.4 Å². The van der Waals surface area contributed by atoms with Crippen molar-refractivity contribution in [3.8, 4) is 5.75 Å². The van der Waals surface area contributed by atoms with Crippen LogP contribution < -0.4 is 10.6 Å². The second kappa shape index (κ2) is 12.6. The van der Waals surface area contributed by atoms with E-state index in [1.165, 1.54) is 25.1 Å². The van der Waals surface area contributed by atoms with Crippen molar-refractivity contribution in [3.05, 3.63) is 101 Å². The molecule has 1 aliphatic heterocycles. The highest BCUT2D eigenvalue weighted by Crippen LogP contribution is 2.33. The van der Waals surface area contributed by atoms with Gasteiger partial charge in [-0.25, -0.2) is 17.6 Å². The number of nitrogens with one attached hydrogen (secondary N) is 2. The molecule has 222 valence electrons. The fourth-order valence-electron chi connectivity index (χ4n) is 4.83. The van der Waals surface area contributed by atoms with E-state index in [-0.39, 0.29) is 28.9 Å². The van der Waals surface area contributed by atoms with Crippen LogP contribution in [0.3, 0.4) is 0 Å². The van der Waals surface area contributed by atoms with E-state index in [1.807, 2.05) is 0 Å². The van der Waals surface area contributed by atoms with Gasteiger partial charge in [-0.05, 0) is 49.2 Å². The molecule has 3 aromatic carbocycles. The van der Waals surface area contributed by atoms with Gasteiger partial charge in [-0.3, -0.25) is 14.4 Å². The van der Waals surface area contributed by atoms with Gasteiger partial charge >= 0.3 is 0 Å². The number of hydrogen-bond acceptors (Lipinski definition) is 5. The summed E-state index contributed by atoms with van der Waals surface area (Å²) in [6.07, 6.45) is -3.17. The van der Waals surface area contributed by atoms with Crippen LogP contribution in [-0.4, -0.2) is 63.5 Å². The number of phenols is 1. The quantitative estimate of drug-likeness (QED) is 0.287. The number of alkyl halides is 2. The van der Waals surface area contributed by atoms with Crippen molar-refractivity contribution in [1.82, 2.24) is 15.5 Å². The number of aliphatic hydroxyl groups excluding tert-OH is 1. The van der Waals surface area contributed by atoms with Gasteiger partial charge in [0, 0.05) is 29.7 Å². The van der Waals surface area contributed by atoms with Crippen molar-refractivity contribution < 1.29 is 42.2 Å². The number of hydrogen-bond donors (Lipinski definition) is 4. The molecular weight excluding hydrogens is 558 g/mol. The molecule has 4 rings (SSSR count). The fraction of sp³-hybridized carbons (Fsp3) is 0.300. The summed E-state index contributed by atoms with van der Waals surface area (Å²) in [5, 5.41) is 26.0. The third-order valence-electron chi connectivity index (χ3n) is 7.12. The Morgan fingerprint density at radius 3 is 2.48 bits per heavy atom. The van der Waals surface area contributed by atoms with E-state index >= 15 is 0 Å². The van der Waals surface area contributed by atoms with Crippen molar-refractivity contribution in [1.29, 1.82) is 0 Å². The minimum atomic E-state index is -3.47. The van der Waals surface area contributed by atoms with Crippen molar-refractivity contribution >= 4 is 17.7 Å². The number of halogens is 4. The lowest BCUT2D eigenvalue weighted by Gasteiger charge is -2.30. The molecule has 0 spiro atoms. The SMILES string of the molecule is Cc1c(O)cccc1C(=O)N[C@@H](Cc1ccccc1)[C@H](O)C(=O)N1CC(F)(F)C[C@H]1C(=O)NCc1cc(F)ccc1F. The van der Waals surface area contributed by atoms with E-state index in [2.05, 4.69) is 10.6 Å². The van der Waals surface area contributed by atoms with E-state index in [0.29, 0.717) is 10.5 Å². The molecule has 3 atom stereocenters. The lowest BCUT2D eigenvalue weighted by atomic mass is 9.98. The molecule has 0 aliphatic carbocycles. The molecule has 1 fully saturated rings. The van der Waals surface area contributed by atoms with Gasteiger partial charge in [-0.1, -0.05) is 36.4 Å². The Hall–Kier alpha value is -4.45. The van der Waals surface area contributed by atoms with Crippen molar-refractivity contribution in [3.63, 3.8) is 0 Å². The van der Waals surface area contributed by atoms with Crippen LogP contribution in [0.4, 0.5) is 17.6 Å². The number of aromatic hydroxyl groups is 1.